The molecule has 0 unspecified atom stereocenters. The zero-order valence-electron chi connectivity index (χ0n) is 8.31. The second-order valence-corrected chi connectivity index (χ2v) is 10.3. The van der Waals surface area contributed by atoms with Crippen LogP contribution < -0.4 is 0 Å². The van der Waals surface area contributed by atoms with Gasteiger partial charge in [-0.05, 0) is 6.92 Å². The smallest absolute Gasteiger partial charge is 0.322 e. The Hall–Kier alpha value is 1.31. The molecule has 0 rings (SSSR count). The largest absolute Gasteiger partial charge is 0.325 e. The van der Waals surface area contributed by atoms with Crippen LogP contribution in [-0.4, -0.2) is 42.6 Å². The second-order valence-electron chi connectivity index (χ2n) is 3.44. The maximum absolute atomic E-state index is 9.33. The molecule has 3 nitrogen and oxygen atoms in total. The van der Waals surface area contributed by atoms with Gasteiger partial charge in [-0.15, -0.1) is 24.0 Å². The van der Waals surface area contributed by atoms with Crippen molar-refractivity contribution in [2.24, 2.45) is 0 Å². The molecule has 0 fully saturated rings. The van der Waals surface area contributed by atoms with E-state index in [0.29, 0.717) is 0 Å². The van der Waals surface area contributed by atoms with Gasteiger partial charge in [0.1, 0.15) is 0 Å². The first-order valence-corrected chi connectivity index (χ1v) is 8.77. The van der Waals surface area contributed by atoms with Crippen molar-refractivity contribution in [2.75, 3.05) is 32.8 Å². The lowest BCUT2D eigenvalue weighted by Crippen LogP contribution is -1.84. The van der Waals surface area contributed by atoms with Gasteiger partial charge in [-0.3, -0.25) is 4.57 Å². The topological polar surface area (TPSA) is 57.5 Å². The van der Waals surface area contributed by atoms with E-state index in [4.69, 9.17) is 9.79 Å². The van der Waals surface area contributed by atoms with Crippen molar-refractivity contribution in [1.29, 1.82) is 0 Å². The zero-order chi connectivity index (χ0) is 9.71. The Morgan fingerprint density at radius 1 is 1.25 bits per heavy atom. The van der Waals surface area contributed by atoms with Gasteiger partial charge in [-0.1, -0.05) is 0 Å². The summed E-state index contributed by atoms with van der Waals surface area (Å²) in [5.74, 6) is 0. The zero-order valence-corrected chi connectivity index (χ0v) is 12.4. The Bertz CT molecular complexity index is 130. The van der Waals surface area contributed by atoms with Gasteiger partial charge in [0.15, 0.2) is 0 Å². The molecule has 78 valence electrons. The summed E-state index contributed by atoms with van der Waals surface area (Å²) in [5.41, 5.74) is 0. The molecule has 0 aromatic rings. The van der Waals surface area contributed by atoms with Crippen LogP contribution in [0.5, 0.6) is 0 Å². The molecule has 0 aliphatic carbocycles. The average Bonchev–Trinajstić information content (AvgIpc) is 1.59. The van der Waals surface area contributed by atoms with Crippen LogP contribution >= 0.6 is 38.8 Å². The minimum absolute atomic E-state index is 0. The van der Waals surface area contributed by atoms with Gasteiger partial charge in [0.25, 0.3) is 0 Å². The van der Waals surface area contributed by atoms with Crippen LogP contribution in [0.3, 0.4) is 0 Å². The summed E-state index contributed by atoms with van der Waals surface area (Å²) >= 11 is 0. The number of hydrogen-bond donors (Lipinski definition) is 2. The Morgan fingerprint density at radius 2 is 1.33 bits per heavy atom. The predicted octanol–water partition coefficient (Wildman–Crippen LogP) is 2.33. The van der Waals surface area contributed by atoms with Crippen LogP contribution in [0.15, 0.2) is 0 Å². The Labute approximate surface area is 92.8 Å². The molecule has 0 amide bonds. The molecule has 0 spiro atoms. The second kappa shape index (κ2) is 7.69. The van der Waals surface area contributed by atoms with Gasteiger partial charge >= 0.3 is 7.60 Å². The van der Waals surface area contributed by atoms with E-state index in [1.165, 1.54) is 6.16 Å². The van der Waals surface area contributed by atoms with Crippen LogP contribution in [0, 0.1) is 0 Å². The lowest BCUT2D eigenvalue weighted by Gasteiger charge is -2.05. The molecule has 0 heterocycles. The highest BCUT2D eigenvalue weighted by Crippen LogP contribution is 2.45. The normalized spacial score (nSPS) is 10.9. The number of halogens is 1. The van der Waals surface area contributed by atoms with Crippen LogP contribution in [-0.2, 0) is 4.57 Å². The maximum atomic E-state index is 9.33. The van der Waals surface area contributed by atoms with Crippen molar-refractivity contribution < 1.29 is 14.4 Å². The van der Waals surface area contributed by atoms with Crippen molar-refractivity contribution in [2.45, 2.75) is 6.92 Å². The third-order valence-electron chi connectivity index (χ3n) is 0.949. The summed E-state index contributed by atoms with van der Waals surface area (Å²) in [6.45, 7) is 10.2. The minimum Gasteiger partial charge on any atom is -0.325 e. The molecule has 0 aromatic heterocycles. The van der Waals surface area contributed by atoms with E-state index in [9.17, 15) is 4.57 Å². The van der Waals surface area contributed by atoms with E-state index < -0.39 is 14.9 Å². The molecule has 0 aromatic carbocycles. The summed E-state index contributed by atoms with van der Waals surface area (Å²) in [6.07, 6.45) is 1.38. The van der Waals surface area contributed by atoms with Gasteiger partial charge in [0.2, 0.25) is 0 Å². The van der Waals surface area contributed by atoms with Crippen molar-refractivity contribution in [1.82, 2.24) is 0 Å². The molecule has 0 aliphatic rings. The van der Waals surface area contributed by atoms with E-state index in [2.05, 4.69) is 26.9 Å². The minimum atomic E-state index is -3.64. The summed E-state index contributed by atoms with van der Waals surface area (Å²) in [5, 5.41) is 0. The van der Waals surface area contributed by atoms with Crippen molar-refractivity contribution in [3.63, 3.8) is 0 Å². The fourth-order valence-electron chi connectivity index (χ4n) is 0. The Morgan fingerprint density at radius 3 is 1.33 bits per heavy atom. The average molecular weight is 329 g/mol. The number of rotatable bonds is 1. The van der Waals surface area contributed by atoms with Crippen molar-refractivity contribution in [3.8, 4) is 0 Å². The van der Waals surface area contributed by atoms with E-state index >= 15 is 0 Å². The van der Waals surface area contributed by atoms with Gasteiger partial charge in [0.05, 0.1) is 6.16 Å². The lowest BCUT2D eigenvalue weighted by molar-refractivity contribution is 0.381. The highest BCUT2D eigenvalue weighted by atomic mass is 127. The molecule has 0 saturated heterocycles. The molecule has 0 aliphatic heterocycles. The molecule has 0 radical (unpaired) electrons. The molecule has 0 atom stereocenters. The third-order valence-corrected chi connectivity index (χ3v) is 2.85. The number of hydrogen-bond acceptors (Lipinski definition) is 1. The quantitative estimate of drug-likeness (QED) is 0.573. The van der Waals surface area contributed by atoms with E-state index in [-0.39, 0.29) is 24.0 Å². The SMILES string of the molecule is CC[P+](C)(C)C.CP(=O)(O)O.I. The van der Waals surface area contributed by atoms with Crippen LogP contribution in [0.4, 0.5) is 0 Å². The third kappa shape index (κ3) is 64.7. The van der Waals surface area contributed by atoms with E-state index in [1.54, 1.807) is 0 Å². The summed E-state index contributed by atoms with van der Waals surface area (Å²) in [4.78, 5) is 15.3. The van der Waals surface area contributed by atoms with E-state index in [1.807, 2.05) is 0 Å². The summed E-state index contributed by atoms with van der Waals surface area (Å²) in [7, 11) is -4.04. The van der Waals surface area contributed by atoms with Gasteiger partial charge in [0, 0.05) is 33.9 Å². The summed E-state index contributed by atoms with van der Waals surface area (Å²) in [6, 6.07) is 0. The fraction of sp³-hybridized carbons (Fsp3) is 1.00. The molecule has 2 N–H and O–H groups in total. The van der Waals surface area contributed by atoms with Gasteiger partial charge < -0.3 is 9.79 Å². The van der Waals surface area contributed by atoms with Crippen LogP contribution in [0.2, 0.25) is 0 Å². The Kier molecular flexibility index (Phi) is 12.2. The standard InChI is InChI=1S/C5H14P.CH5O3P.HI/c1-5-6(2,3)4;1-5(2,3)4;/h5H2,1-4H3;1H3,(H2,2,3,4);1H/q+1;;. The monoisotopic (exact) mass is 329 g/mol. The summed E-state index contributed by atoms with van der Waals surface area (Å²) < 4.78 is 9.33. The first-order chi connectivity index (χ1) is 4.56. The highest BCUT2D eigenvalue weighted by Gasteiger charge is 2.10. The molecule has 6 heteroatoms. The van der Waals surface area contributed by atoms with Crippen LogP contribution in [0.1, 0.15) is 6.92 Å². The van der Waals surface area contributed by atoms with Gasteiger partial charge in [-0.2, -0.15) is 0 Å². The Balaban J connectivity index is -0.000000126. The molecular weight excluding hydrogens is 309 g/mol. The molecule has 0 bridgehead atoms. The van der Waals surface area contributed by atoms with E-state index in [0.717, 1.165) is 6.66 Å². The molecular formula is C6H20IO3P2+. The van der Waals surface area contributed by atoms with Crippen LogP contribution in [0.25, 0.3) is 0 Å². The molecule has 12 heavy (non-hydrogen) atoms. The first kappa shape index (κ1) is 19.0. The highest BCUT2D eigenvalue weighted by molar-refractivity contribution is 14.0. The van der Waals surface area contributed by atoms with Crippen molar-refractivity contribution >= 4 is 38.8 Å². The fourth-order valence-corrected chi connectivity index (χ4v) is 0. The first-order valence-electron chi connectivity index (χ1n) is 3.39. The van der Waals surface area contributed by atoms with Crippen molar-refractivity contribution in [3.05, 3.63) is 0 Å². The van der Waals surface area contributed by atoms with Gasteiger partial charge in [-0.25, -0.2) is 0 Å². The predicted molar refractivity (Wildman–Crippen MR) is 68.6 cm³/mol. The molecule has 0 saturated carbocycles. The lowest BCUT2D eigenvalue weighted by atomic mass is 11.0. The maximum Gasteiger partial charge on any atom is 0.322 e.